The lowest BCUT2D eigenvalue weighted by Gasteiger charge is -2.10. The minimum atomic E-state index is -3.82. The molecular weight excluding hydrogens is 332 g/mol. The summed E-state index contributed by atoms with van der Waals surface area (Å²) in [6.07, 6.45) is 0.526. The molecule has 0 radical (unpaired) electrons. The molecule has 2 N–H and O–H groups in total. The molecule has 1 rings (SSSR count). The lowest BCUT2D eigenvalue weighted by atomic mass is 10.3. The Morgan fingerprint density at radius 3 is 2.28 bits per heavy atom. The molecule has 0 aliphatic rings. The summed E-state index contributed by atoms with van der Waals surface area (Å²) < 4.78 is 51.9. The second-order valence-corrected chi connectivity index (χ2v) is 6.35. The van der Waals surface area contributed by atoms with Gasteiger partial charge in [-0.2, -0.15) is 0 Å². The van der Waals surface area contributed by atoms with Crippen LogP contribution in [-0.2, 0) is 10.0 Å². The summed E-state index contributed by atoms with van der Waals surface area (Å²) in [4.78, 5) is 0. The number of aliphatic hydroxyl groups is 1. The van der Waals surface area contributed by atoms with Gasteiger partial charge in [-0.15, -0.1) is 0 Å². The number of halogens is 3. The Hall–Kier alpha value is -0.730. The summed E-state index contributed by atoms with van der Waals surface area (Å²) in [6.45, 7) is -0.128. The molecule has 0 fully saturated rings. The number of aliphatic hydroxyl groups excluding tert-OH is 1. The van der Waals surface area contributed by atoms with Crippen LogP contribution in [0.4, 0.5) is 14.5 Å². The first kappa shape index (κ1) is 15.3. The zero-order chi connectivity index (χ0) is 13.8. The fraction of sp³-hybridized carbons (Fsp3) is 0.400. The first-order valence-electron chi connectivity index (χ1n) is 5.11. The highest BCUT2D eigenvalue weighted by Crippen LogP contribution is 2.24. The Morgan fingerprint density at radius 2 is 1.78 bits per heavy atom. The first-order chi connectivity index (χ1) is 8.35. The standard InChI is InChI=1S/C10H12BrF2NO3S/c11-7-5-8(12)10(9(13)6-7)14-18(16,17)4-2-1-3-15/h5-6,14-15H,1-4H2. The number of hydrogen-bond acceptors (Lipinski definition) is 3. The monoisotopic (exact) mass is 343 g/mol. The van der Waals surface area contributed by atoms with Crippen LogP contribution in [0.1, 0.15) is 12.8 Å². The summed E-state index contributed by atoms with van der Waals surface area (Å²) >= 11 is 2.89. The van der Waals surface area contributed by atoms with Crippen molar-refractivity contribution in [2.45, 2.75) is 12.8 Å². The Bertz CT molecular complexity index is 499. The smallest absolute Gasteiger partial charge is 0.232 e. The maximum absolute atomic E-state index is 13.4. The van der Waals surface area contributed by atoms with Crippen molar-refractivity contribution in [1.82, 2.24) is 0 Å². The van der Waals surface area contributed by atoms with Crippen molar-refractivity contribution in [3.05, 3.63) is 28.2 Å². The van der Waals surface area contributed by atoms with Gasteiger partial charge in [-0.25, -0.2) is 17.2 Å². The van der Waals surface area contributed by atoms with Crippen LogP contribution in [-0.4, -0.2) is 25.9 Å². The van der Waals surface area contributed by atoms with Gasteiger partial charge in [0.25, 0.3) is 0 Å². The molecule has 18 heavy (non-hydrogen) atoms. The van der Waals surface area contributed by atoms with Gasteiger partial charge < -0.3 is 5.11 Å². The van der Waals surface area contributed by atoms with E-state index in [2.05, 4.69) is 15.9 Å². The van der Waals surface area contributed by atoms with Crippen molar-refractivity contribution in [3.63, 3.8) is 0 Å². The van der Waals surface area contributed by atoms with Crippen LogP contribution >= 0.6 is 15.9 Å². The first-order valence-corrected chi connectivity index (χ1v) is 7.56. The van der Waals surface area contributed by atoms with E-state index in [1.54, 1.807) is 0 Å². The van der Waals surface area contributed by atoms with Gasteiger partial charge in [-0.05, 0) is 25.0 Å². The molecule has 1 aromatic carbocycles. The summed E-state index contributed by atoms with van der Waals surface area (Å²) in [5, 5.41) is 8.53. The predicted molar refractivity (Wildman–Crippen MR) is 67.8 cm³/mol. The second kappa shape index (κ2) is 6.44. The fourth-order valence-electron chi connectivity index (χ4n) is 1.25. The quantitative estimate of drug-likeness (QED) is 0.778. The van der Waals surface area contributed by atoms with Gasteiger partial charge in [-0.3, -0.25) is 4.72 Å². The van der Waals surface area contributed by atoms with Crippen LogP contribution in [0.25, 0.3) is 0 Å². The number of unbranched alkanes of at least 4 members (excludes halogenated alkanes) is 1. The molecule has 1 aromatic rings. The van der Waals surface area contributed by atoms with Crippen molar-refractivity contribution in [2.75, 3.05) is 17.1 Å². The van der Waals surface area contributed by atoms with Gasteiger partial charge in [0.1, 0.15) is 5.69 Å². The molecule has 0 spiro atoms. The molecule has 0 bridgehead atoms. The van der Waals surface area contributed by atoms with Crippen LogP contribution < -0.4 is 4.72 Å². The van der Waals surface area contributed by atoms with Crippen molar-refractivity contribution in [3.8, 4) is 0 Å². The van der Waals surface area contributed by atoms with E-state index in [9.17, 15) is 17.2 Å². The van der Waals surface area contributed by atoms with Crippen LogP contribution in [0.2, 0.25) is 0 Å². The van der Waals surface area contributed by atoms with Crippen LogP contribution in [0.5, 0.6) is 0 Å². The van der Waals surface area contributed by atoms with Crippen molar-refractivity contribution < 1.29 is 22.3 Å². The number of hydrogen-bond donors (Lipinski definition) is 2. The van der Waals surface area contributed by atoms with Crippen LogP contribution in [0.15, 0.2) is 16.6 Å². The lowest BCUT2D eigenvalue weighted by Crippen LogP contribution is -2.18. The molecule has 0 unspecified atom stereocenters. The maximum Gasteiger partial charge on any atom is 0.232 e. The third-order valence-corrected chi connectivity index (χ3v) is 3.88. The molecule has 102 valence electrons. The highest BCUT2D eigenvalue weighted by molar-refractivity contribution is 9.10. The summed E-state index contributed by atoms with van der Waals surface area (Å²) in [6, 6.07) is 1.93. The number of anilines is 1. The SMILES string of the molecule is O=S(=O)(CCCCO)Nc1c(F)cc(Br)cc1F. The van der Waals surface area contributed by atoms with E-state index in [-0.39, 0.29) is 23.3 Å². The van der Waals surface area contributed by atoms with Crippen molar-refractivity contribution >= 4 is 31.6 Å². The van der Waals surface area contributed by atoms with Crippen LogP contribution in [0.3, 0.4) is 0 Å². The molecule has 0 heterocycles. The highest BCUT2D eigenvalue weighted by Gasteiger charge is 2.17. The van der Waals surface area contributed by atoms with Gasteiger partial charge in [0.15, 0.2) is 11.6 Å². The van der Waals surface area contributed by atoms with Gasteiger partial charge in [0.05, 0.1) is 5.75 Å². The van der Waals surface area contributed by atoms with Crippen molar-refractivity contribution in [1.29, 1.82) is 0 Å². The number of benzene rings is 1. The molecular formula is C10H12BrF2NO3S. The number of rotatable bonds is 6. The zero-order valence-corrected chi connectivity index (χ0v) is 11.7. The van der Waals surface area contributed by atoms with Gasteiger partial charge in [-0.1, -0.05) is 15.9 Å². The van der Waals surface area contributed by atoms with E-state index in [1.807, 2.05) is 4.72 Å². The molecule has 0 atom stereocenters. The molecule has 4 nitrogen and oxygen atoms in total. The van der Waals surface area contributed by atoms with Crippen molar-refractivity contribution in [2.24, 2.45) is 0 Å². The number of sulfonamides is 1. The van der Waals surface area contributed by atoms with Gasteiger partial charge in [0.2, 0.25) is 10.0 Å². The Balaban J connectivity index is 2.84. The topological polar surface area (TPSA) is 66.4 Å². The Labute approximate surface area is 112 Å². The maximum atomic E-state index is 13.4. The fourth-order valence-corrected chi connectivity index (χ4v) is 2.84. The summed E-state index contributed by atoms with van der Waals surface area (Å²) in [7, 11) is -3.82. The zero-order valence-electron chi connectivity index (χ0n) is 9.29. The minimum absolute atomic E-state index is 0.128. The summed E-state index contributed by atoms with van der Waals surface area (Å²) in [5.74, 6) is -2.29. The largest absolute Gasteiger partial charge is 0.396 e. The van der Waals surface area contributed by atoms with E-state index in [1.165, 1.54) is 0 Å². The van der Waals surface area contributed by atoms with E-state index >= 15 is 0 Å². The Morgan fingerprint density at radius 1 is 1.22 bits per heavy atom. The van der Waals surface area contributed by atoms with Crippen LogP contribution in [0, 0.1) is 11.6 Å². The average molecular weight is 344 g/mol. The lowest BCUT2D eigenvalue weighted by molar-refractivity contribution is 0.287. The highest BCUT2D eigenvalue weighted by atomic mass is 79.9. The van der Waals surface area contributed by atoms with E-state index in [4.69, 9.17) is 5.11 Å². The second-order valence-electron chi connectivity index (χ2n) is 3.60. The average Bonchev–Trinajstić information content (AvgIpc) is 2.23. The third kappa shape index (κ3) is 4.51. The molecule has 0 aliphatic heterocycles. The van der Waals surface area contributed by atoms with E-state index in [0.717, 1.165) is 12.1 Å². The van der Waals surface area contributed by atoms with Gasteiger partial charge >= 0.3 is 0 Å². The number of nitrogens with one attached hydrogen (secondary N) is 1. The normalized spacial score (nSPS) is 11.6. The molecule has 8 heteroatoms. The minimum Gasteiger partial charge on any atom is -0.396 e. The van der Waals surface area contributed by atoms with E-state index < -0.39 is 27.3 Å². The third-order valence-electron chi connectivity index (χ3n) is 2.09. The predicted octanol–water partition coefficient (Wildman–Crippen LogP) is 2.24. The van der Waals surface area contributed by atoms with Gasteiger partial charge in [0, 0.05) is 11.1 Å². The molecule has 0 amide bonds. The molecule has 0 saturated heterocycles. The molecule has 0 aliphatic carbocycles. The molecule has 0 aromatic heterocycles. The molecule has 0 saturated carbocycles. The Kier molecular flexibility index (Phi) is 5.48. The van der Waals surface area contributed by atoms with E-state index in [0.29, 0.717) is 6.42 Å². The summed E-state index contributed by atoms with van der Waals surface area (Å²) in [5.41, 5.74) is -0.692.